The second-order valence-electron chi connectivity index (χ2n) is 6.14. The minimum atomic E-state index is 1.12. The normalized spacial score (nSPS) is 14.0. The first-order valence-electron chi connectivity index (χ1n) is 8.40. The van der Waals surface area contributed by atoms with Crippen molar-refractivity contribution in [1.29, 1.82) is 0 Å². The molecule has 0 bridgehead atoms. The van der Waals surface area contributed by atoms with E-state index in [1.54, 1.807) is 10.4 Å². The van der Waals surface area contributed by atoms with E-state index >= 15 is 0 Å². The van der Waals surface area contributed by atoms with Crippen LogP contribution >= 0.6 is 11.3 Å². The van der Waals surface area contributed by atoms with Gasteiger partial charge in [0.15, 0.2) is 0 Å². The van der Waals surface area contributed by atoms with E-state index in [4.69, 9.17) is 0 Å². The van der Waals surface area contributed by atoms with Crippen molar-refractivity contribution in [3.63, 3.8) is 0 Å². The fourth-order valence-corrected chi connectivity index (χ4v) is 4.52. The van der Waals surface area contributed by atoms with Crippen molar-refractivity contribution >= 4 is 32.3 Å². The predicted molar refractivity (Wildman–Crippen MR) is 103 cm³/mol. The zero-order valence-electron chi connectivity index (χ0n) is 13.8. The molecule has 0 saturated carbocycles. The molecular formula is C20H21N3S. The van der Waals surface area contributed by atoms with Gasteiger partial charge in [-0.15, -0.1) is 11.3 Å². The smallest absolute Gasteiger partial charge is 0.0599 e. The summed E-state index contributed by atoms with van der Waals surface area (Å²) in [7, 11) is 0. The first-order chi connectivity index (χ1) is 11.8. The van der Waals surface area contributed by atoms with Gasteiger partial charge in [-0.05, 0) is 61.5 Å². The molecule has 0 unspecified atom stereocenters. The fraction of sp³-hybridized carbons (Fsp3) is 0.250. The van der Waals surface area contributed by atoms with Gasteiger partial charge in [0.2, 0.25) is 0 Å². The molecule has 4 heteroatoms. The van der Waals surface area contributed by atoms with Crippen LogP contribution in [0.5, 0.6) is 0 Å². The molecule has 0 fully saturated rings. The maximum absolute atomic E-state index is 4.05. The van der Waals surface area contributed by atoms with Crippen LogP contribution in [0.3, 0.4) is 0 Å². The SMILES string of the molecule is Cc1cccc2cnccc12.c1cc2sc3c(c2[nH]1)CCNCC3. The molecule has 0 amide bonds. The van der Waals surface area contributed by atoms with Crippen molar-refractivity contribution in [3.8, 4) is 0 Å². The molecule has 122 valence electrons. The van der Waals surface area contributed by atoms with E-state index in [-0.39, 0.29) is 0 Å². The molecule has 1 aromatic carbocycles. The van der Waals surface area contributed by atoms with Gasteiger partial charge >= 0.3 is 0 Å². The molecule has 3 aromatic heterocycles. The quantitative estimate of drug-likeness (QED) is 0.498. The fourth-order valence-electron chi connectivity index (χ4n) is 3.30. The van der Waals surface area contributed by atoms with E-state index in [0.717, 1.165) is 13.1 Å². The molecule has 24 heavy (non-hydrogen) atoms. The predicted octanol–water partition coefficient (Wildman–Crippen LogP) is 4.46. The van der Waals surface area contributed by atoms with Crippen molar-refractivity contribution in [2.24, 2.45) is 0 Å². The Bertz CT molecular complexity index is 962. The van der Waals surface area contributed by atoms with Gasteiger partial charge in [0, 0.05) is 28.9 Å². The minimum absolute atomic E-state index is 1.12. The van der Waals surface area contributed by atoms with E-state index < -0.39 is 0 Å². The number of nitrogens with one attached hydrogen (secondary N) is 2. The number of rotatable bonds is 0. The Morgan fingerprint density at radius 2 is 2.00 bits per heavy atom. The van der Waals surface area contributed by atoms with Gasteiger partial charge in [-0.2, -0.15) is 0 Å². The Balaban J connectivity index is 0.000000123. The van der Waals surface area contributed by atoms with Gasteiger partial charge in [-0.3, -0.25) is 4.98 Å². The van der Waals surface area contributed by atoms with Crippen LogP contribution in [-0.2, 0) is 12.8 Å². The monoisotopic (exact) mass is 335 g/mol. The summed E-state index contributed by atoms with van der Waals surface area (Å²) >= 11 is 1.95. The summed E-state index contributed by atoms with van der Waals surface area (Å²) in [5, 5.41) is 5.94. The lowest BCUT2D eigenvalue weighted by Crippen LogP contribution is -2.16. The minimum Gasteiger partial charge on any atom is -0.360 e. The average Bonchev–Trinajstić information content (AvgIpc) is 3.11. The topological polar surface area (TPSA) is 40.7 Å². The molecule has 1 aliphatic rings. The molecule has 3 nitrogen and oxygen atoms in total. The Labute approximate surface area is 145 Å². The standard InChI is InChI=1S/C10H12N2S.C10H9N/c1-4-11-5-2-8-7(1)10-9(13-8)3-6-12-10;1-8-3-2-4-9-7-11-6-5-10(8)9/h3,6,11-12H,1-2,4-5H2;2-7H,1H3. The van der Waals surface area contributed by atoms with E-state index in [1.807, 2.05) is 36.0 Å². The number of hydrogen-bond donors (Lipinski definition) is 2. The summed E-state index contributed by atoms with van der Waals surface area (Å²) in [6, 6.07) is 10.5. The molecule has 4 aromatic rings. The lowest BCUT2D eigenvalue weighted by Gasteiger charge is -1.98. The van der Waals surface area contributed by atoms with Crippen LogP contribution in [0, 0.1) is 6.92 Å². The zero-order chi connectivity index (χ0) is 16.4. The molecule has 0 spiro atoms. The molecular weight excluding hydrogens is 314 g/mol. The van der Waals surface area contributed by atoms with Crippen LogP contribution in [0.25, 0.3) is 21.0 Å². The van der Waals surface area contributed by atoms with Crippen LogP contribution in [-0.4, -0.2) is 23.1 Å². The molecule has 0 atom stereocenters. The number of aromatic amines is 1. The summed E-state index contributed by atoms with van der Waals surface area (Å²) < 4.78 is 1.42. The molecule has 0 radical (unpaired) electrons. The summed E-state index contributed by atoms with van der Waals surface area (Å²) in [5.41, 5.74) is 4.24. The first kappa shape index (κ1) is 15.4. The number of nitrogens with zero attached hydrogens (tertiary/aromatic N) is 1. The van der Waals surface area contributed by atoms with Crippen molar-refractivity contribution in [2.75, 3.05) is 13.1 Å². The Hall–Kier alpha value is -2.17. The third-order valence-electron chi connectivity index (χ3n) is 4.56. The lowest BCUT2D eigenvalue weighted by molar-refractivity contribution is 0.712. The van der Waals surface area contributed by atoms with Crippen LogP contribution < -0.4 is 5.32 Å². The van der Waals surface area contributed by atoms with Crippen LogP contribution in [0.4, 0.5) is 0 Å². The zero-order valence-corrected chi connectivity index (χ0v) is 14.6. The number of benzene rings is 1. The van der Waals surface area contributed by atoms with Gasteiger partial charge in [0.05, 0.1) is 10.2 Å². The average molecular weight is 335 g/mol. The molecule has 2 N–H and O–H groups in total. The second kappa shape index (κ2) is 6.75. The Morgan fingerprint density at radius 3 is 2.92 bits per heavy atom. The van der Waals surface area contributed by atoms with E-state index in [2.05, 4.69) is 46.5 Å². The van der Waals surface area contributed by atoms with Crippen molar-refractivity contribution in [2.45, 2.75) is 19.8 Å². The summed E-state index contributed by atoms with van der Waals surface area (Å²) in [4.78, 5) is 8.97. The van der Waals surface area contributed by atoms with Gasteiger partial charge in [-0.1, -0.05) is 18.2 Å². The number of hydrogen-bond acceptors (Lipinski definition) is 3. The van der Waals surface area contributed by atoms with Gasteiger partial charge in [-0.25, -0.2) is 0 Å². The number of H-pyrrole nitrogens is 1. The van der Waals surface area contributed by atoms with Crippen LogP contribution in [0.15, 0.2) is 48.9 Å². The molecule has 1 aliphatic heterocycles. The highest BCUT2D eigenvalue weighted by Gasteiger charge is 2.14. The molecule has 4 heterocycles. The lowest BCUT2D eigenvalue weighted by atomic mass is 10.1. The number of aromatic nitrogens is 2. The van der Waals surface area contributed by atoms with Crippen LogP contribution in [0.1, 0.15) is 16.0 Å². The third kappa shape index (κ3) is 2.95. The summed E-state index contributed by atoms with van der Waals surface area (Å²) in [6.45, 7) is 4.37. The summed E-state index contributed by atoms with van der Waals surface area (Å²) in [5.74, 6) is 0. The van der Waals surface area contributed by atoms with E-state index in [9.17, 15) is 0 Å². The number of aryl methyl sites for hydroxylation is 1. The van der Waals surface area contributed by atoms with Crippen molar-refractivity contribution in [3.05, 3.63) is 64.9 Å². The Kier molecular flexibility index (Phi) is 4.32. The highest BCUT2D eigenvalue weighted by atomic mass is 32.1. The Morgan fingerprint density at radius 1 is 1.08 bits per heavy atom. The second-order valence-corrected chi connectivity index (χ2v) is 7.28. The molecule has 0 aliphatic carbocycles. The van der Waals surface area contributed by atoms with Crippen molar-refractivity contribution < 1.29 is 0 Å². The third-order valence-corrected chi connectivity index (χ3v) is 5.82. The largest absolute Gasteiger partial charge is 0.360 e. The number of thiophene rings is 1. The highest BCUT2D eigenvalue weighted by Crippen LogP contribution is 2.31. The maximum Gasteiger partial charge on any atom is 0.0599 e. The van der Waals surface area contributed by atoms with Gasteiger partial charge < -0.3 is 10.3 Å². The van der Waals surface area contributed by atoms with E-state index in [0.29, 0.717) is 0 Å². The highest BCUT2D eigenvalue weighted by molar-refractivity contribution is 7.19. The number of fused-ring (bicyclic) bond motifs is 4. The molecule has 5 rings (SSSR count). The maximum atomic E-state index is 4.05. The van der Waals surface area contributed by atoms with Crippen LogP contribution in [0.2, 0.25) is 0 Å². The number of pyridine rings is 1. The van der Waals surface area contributed by atoms with E-state index in [1.165, 1.54) is 39.4 Å². The van der Waals surface area contributed by atoms with Gasteiger partial charge in [0.1, 0.15) is 0 Å². The first-order valence-corrected chi connectivity index (χ1v) is 9.22. The molecule has 0 saturated heterocycles. The van der Waals surface area contributed by atoms with Gasteiger partial charge in [0.25, 0.3) is 0 Å². The van der Waals surface area contributed by atoms with Crippen molar-refractivity contribution in [1.82, 2.24) is 15.3 Å². The summed E-state index contributed by atoms with van der Waals surface area (Å²) in [6.07, 6.45) is 8.13.